The Bertz CT molecular complexity index is 1330. The van der Waals surface area contributed by atoms with Crippen LogP contribution in [0.5, 0.6) is 0 Å². The Morgan fingerprint density at radius 2 is 1.27 bits per heavy atom. The van der Waals surface area contributed by atoms with Crippen LogP contribution in [0.4, 0.5) is 4.79 Å². The molecule has 1 aliphatic heterocycles. The van der Waals surface area contributed by atoms with Crippen molar-refractivity contribution >= 4 is 45.6 Å². The summed E-state index contributed by atoms with van der Waals surface area (Å²) in [4.78, 5) is 55.9. The van der Waals surface area contributed by atoms with Gasteiger partial charge in [0.15, 0.2) is 5.54 Å². The van der Waals surface area contributed by atoms with Gasteiger partial charge in [0, 0.05) is 34.6 Å². The van der Waals surface area contributed by atoms with Crippen LogP contribution < -0.4 is 21.3 Å². The summed E-state index contributed by atoms with van der Waals surface area (Å²) in [6.45, 7) is -0.412. The van der Waals surface area contributed by atoms with Gasteiger partial charge in [0.1, 0.15) is 0 Å². The van der Waals surface area contributed by atoms with Gasteiger partial charge in [-0.15, -0.1) is 0 Å². The Morgan fingerprint density at radius 3 is 1.73 bits per heavy atom. The maximum atomic E-state index is 12.7. The molecule has 10 nitrogen and oxygen atoms in total. The standard InChI is InChI=1S/C23H20N6O4/c30-19(15-3-1-13-5-7-24-17(13)9-15)26-11-23(21(32)28-22(33)29-23)12-27-20(31)16-4-2-14-6-8-25-18(14)10-16/h1-10,24-25H,11-12H2,(H,26,30)(H,27,31)(H2,28,29,32,33). The number of fused-ring (bicyclic) bond motifs is 2. The number of aromatic amines is 2. The van der Waals surface area contributed by atoms with Gasteiger partial charge in [0.25, 0.3) is 17.7 Å². The van der Waals surface area contributed by atoms with Gasteiger partial charge in [-0.2, -0.15) is 0 Å². The van der Waals surface area contributed by atoms with Crippen molar-refractivity contribution in [1.29, 1.82) is 0 Å². The number of imide groups is 1. The van der Waals surface area contributed by atoms with Crippen LogP contribution in [-0.4, -0.2) is 52.3 Å². The summed E-state index contributed by atoms with van der Waals surface area (Å²) < 4.78 is 0. The summed E-state index contributed by atoms with van der Waals surface area (Å²) in [7, 11) is 0. The molecule has 1 saturated heterocycles. The van der Waals surface area contributed by atoms with Gasteiger partial charge in [-0.3, -0.25) is 19.7 Å². The molecule has 0 atom stereocenters. The third kappa shape index (κ3) is 3.78. The van der Waals surface area contributed by atoms with Crippen LogP contribution in [0, 0.1) is 0 Å². The second-order valence-corrected chi connectivity index (χ2v) is 7.92. The highest BCUT2D eigenvalue weighted by atomic mass is 16.2. The van der Waals surface area contributed by atoms with Crippen LogP contribution in [0.15, 0.2) is 60.9 Å². The first-order chi connectivity index (χ1) is 15.9. The summed E-state index contributed by atoms with van der Waals surface area (Å²) in [6, 6.07) is 13.4. The summed E-state index contributed by atoms with van der Waals surface area (Å²) in [5.74, 6) is -1.46. The van der Waals surface area contributed by atoms with E-state index >= 15 is 0 Å². The van der Waals surface area contributed by atoms with Crippen LogP contribution in [0.3, 0.4) is 0 Å². The monoisotopic (exact) mass is 444 g/mol. The smallest absolute Gasteiger partial charge is 0.322 e. The van der Waals surface area contributed by atoms with Crippen molar-refractivity contribution in [1.82, 2.24) is 31.2 Å². The first kappa shape index (κ1) is 20.3. The maximum Gasteiger partial charge on any atom is 0.322 e. The topological polar surface area (TPSA) is 148 Å². The lowest BCUT2D eigenvalue weighted by molar-refractivity contribution is -0.123. The minimum absolute atomic E-state index is 0.206. The van der Waals surface area contributed by atoms with Gasteiger partial charge in [0.2, 0.25) is 0 Å². The SMILES string of the molecule is O=C1NC(=O)C(CNC(=O)c2ccc3cc[nH]c3c2)(CNC(=O)c2ccc3cc[nH]c3c2)N1. The van der Waals surface area contributed by atoms with E-state index in [0.29, 0.717) is 11.1 Å². The minimum Gasteiger partial charge on any atom is -0.361 e. The van der Waals surface area contributed by atoms with Crippen molar-refractivity contribution in [2.45, 2.75) is 5.54 Å². The first-order valence-electron chi connectivity index (χ1n) is 10.3. The number of hydrogen-bond donors (Lipinski definition) is 6. The molecule has 6 N–H and O–H groups in total. The van der Waals surface area contributed by atoms with Crippen LogP contribution in [0.1, 0.15) is 20.7 Å². The Labute approximate surface area is 187 Å². The molecule has 5 amide bonds. The fourth-order valence-electron chi connectivity index (χ4n) is 3.88. The van der Waals surface area contributed by atoms with Crippen LogP contribution >= 0.6 is 0 Å². The van der Waals surface area contributed by atoms with Crippen molar-refractivity contribution in [3.05, 3.63) is 72.1 Å². The van der Waals surface area contributed by atoms with E-state index in [1.165, 1.54) is 0 Å². The highest BCUT2D eigenvalue weighted by Crippen LogP contribution is 2.16. The molecule has 2 aromatic heterocycles. The Morgan fingerprint density at radius 1 is 0.758 bits per heavy atom. The highest BCUT2D eigenvalue weighted by molar-refractivity contribution is 6.08. The molecular weight excluding hydrogens is 424 g/mol. The van der Waals surface area contributed by atoms with Crippen molar-refractivity contribution in [3.8, 4) is 0 Å². The zero-order valence-corrected chi connectivity index (χ0v) is 17.3. The van der Waals surface area contributed by atoms with Gasteiger partial charge >= 0.3 is 6.03 Å². The lowest BCUT2D eigenvalue weighted by atomic mass is 9.99. The number of nitrogens with one attached hydrogen (secondary N) is 6. The number of carbonyl (C=O) groups is 4. The Kier molecular flexibility index (Phi) is 4.82. The second kappa shape index (κ2) is 7.83. The van der Waals surface area contributed by atoms with Gasteiger partial charge in [-0.1, -0.05) is 12.1 Å². The number of urea groups is 1. The predicted molar refractivity (Wildman–Crippen MR) is 121 cm³/mol. The quantitative estimate of drug-likeness (QED) is 0.249. The lowest BCUT2D eigenvalue weighted by Gasteiger charge is -2.26. The number of H-pyrrole nitrogens is 2. The number of rotatable bonds is 6. The van der Waals surface area contributed by atoms with Gasteiger partial charge in [-0.25, -0.2) is 4.79 Å². The van der Waals surface area contributed by atoms with Crippen molar-refractivity contribution in [2.24, 2.45) is 0 Å². The van der Waals surface area contributed by atoms with Gasteiger partial charge in [-0.05, 0) is 47.2 Å². The Balaban J connectivity index is 1.30. The number of benzene rings is 2. The summed E-state index contributed by atoms with van der Waals surface area (Å²) in [5.41, 5.74) is 0.877. The predicted octanol–water partition coefficient (Wildman–Crippen LogP) is 1.39. The number of aromatic nitrogens is 2. The van der Waals surface area contributed by atoms with Crippen LogP contribution in [-0.2, 0) is 4.79 Å². The van der Waals surface area contributed by atoms with E-state index in [4.69, 9.17) is 0 Å². The molecule has 166 valence electrons. The highest BCUT2D eigenvalue weighted by Gasteiger charge is 2.46. The van der Waals surface area contributed by atoms with Crippen molar-refractivity contribution < 1.29 is 19.2 Å². The molecule has 3 heterocycles. The average molecular weight is 444 g/mol. The molecule has 0 radical (unpaired) electrons. The molecule has 5 rings (SSSR count). The fourth-order valence-corrected chi connectivity index (χ4v) is 3.88. The van der Waals surface area contributed by atoms with E-state index in [9.17, 15) is 19.2 Å². The summed E-state index contributed by atoms with van der Waals surface area (Å²) >= 11 is 0. The molecule has 0 saturated carbocycles. The zero-order chi connectivity index (χ0) is 23.0. The minimum atomic E-state index is -1.52. The molecule has 1 aliphatic rings. The van der Waals surface area contributed by atoms with E-state index in [2.05, 4.69) is 31.2 Å². The molecule has 10 heteroatoms. The molecule has 0 unspecified atom stereocenters. The van der Waals surface area contributed by atoms with Crippen molar-refractivity contribution in [3.63, 3.8) is 0 Å². The molecule has 0 aliphatic carbocycles. The second-order valence-electron chi connectivity index (χ2n) is 7.92. The largest absolute Gasteiger partial charge is 0.361 e. The lowest BCUT2D eigenvalue weighted by Crippen LogP contribution is -2.61. The normalized spacial score (nSPS) is 14.8. The molecule has 33 heavy (non-hydrogen) atoms. The molecule has 0 bridgehead atoms. The van der Waals surface area contributed by atoms with Crippen LogP contribution in [0.2, 0.25) is 0 Å². The summed E-state index contributed by atoms with van der Waals surface area (Å²) in [5, 5.41) is 12.0. The van der Waals surface area contributed by atoms with E-state index in [0.717, 1.165) is 21.8 Å². The summed E-state index contributed by atoms with van der Waals surface area (Å²) in [6.07, 6.45) is 3.55. The van der Waals surface area contributed by atoms with E-state index in [1.807, 2.05) is 24.3 Å². The van der Waals surface area contributed by atoms with E-state index in [1.54, 1.807) is 36.7 Å². The average Bonchev–Trinajstić information content (AvgIpc) is 3.53. The zero-order valence-electron chi connectivity index (χ0n) is 17.3. The molecule has 4 aromatic rings. The maximum absolute atomic E-state index is 12.7. The van der Waals surface area contributed by atoms with Gasteiger partial charge in [0.05, 0.1) is 13.1 Å². The number of amides is 5. The van der Waals surface area contributed by atoms with E-state index in [-0.39, 0.29) is 13.1 Å². The fraction of sp³-hybridized carbons (Fsp3) is 0.130. The molecular formula is C23H20N6O4. The van der Waals surface area contributed by atoms with Crippen LogP contribution in [0.25, 0.3) is 21.8 Å². The van der Waals surface area contributed by atoms with E-state index < -0.39 is 29.3 Å². The third-order valence-electron chi connectivity index (χ3n) is 5.75. The number of carbonyl (C=O) groups excluding carboxylic acids is 4. The molecule has 2 aromatic carbocycles. The third-order valence-corrected chi connectivity index (χ3v) is 5.75. The first-order valence-corrected chi connectivity index (χ1v) is 10.3. The molecule has 0 spiro atoms. The Hall–Kier alpha value is -4.60. The molecule has 1 fully saturated rings. The van der Waals surface area contributed by atoms with Gasteiger partial charge < -0.3 is 25.9 Å². The van der Waals surface area contributed by atoms with Crippen molar-refractivity contribution in [2.75, 3.05) is 13.1 Å². The number of hydrogen-bond acceptors (Lipinski definition) is 4.